The van der Waals surface area contributed by atoms with E-state index < -0.39 is 6.10 Å². The average Bonchev–Trinajstić information content (AvgIpc) is 2.55. The number of nitrogens with zero attached hydrogens (tertiary/aromatic N) is 1. The molecule has 4 nitrogen and oxygen atoms in total. The first-order valence-electron chi connectivity index (χ1n) is 7.73. The highest BCUT2D eigenvalue weighted by atomic mass is 16.5. The standard InChI is InChI=1S/C19H22N2O2/c1-14(2)23-18-5-3-4-17(10-18)19(22)13-21-12-16-8-6-15(11-20)7-9-16/h3-10,14,19,21-22H,12-13H2,1-2H3. The Bertz CT molecular complexity index is 660. The molecule has 2 aromatic rings. The van der Waals surface area contributed by atoms with Crippen LogP contribution in [-0.4, -0.2) is 17.8 Å². The van der Waals surface area contributed by atoms with Crippen LogP contribution in [0.1, 0.15) is 36.6 Å². The number of hydrogen-bond acceptors (Lipinski definition) is 4. The highest BCUT2D eigenvalue weighted by Crippen LogP contribution is 2.20. The molecule has 0 saturated heterocycles. The van der Waals surface area contributed by atoms with Gasteiger partial charge >= 0.3 is 0 Å². The van der Waals surface area contributed by atoms with Gasteiger partial charge in [-0.05, 0) is 49.2 Å². The summed E-state index contributed by atoms with van der Waals surface area (Å²) in [6.07, 6.45) is -0.485. The van der Waals surface area contributed by atoms with Crippen LogP contribution in [0.15, 0.2) is 48.5 Å². The Morgan fingerprint density at radius 1 is 1.17 bits per heavy atom. The summed E-state index contributed by atoms with van der Waals surface area (Å²) in [5.41, 5.74) is 2.55. The molecular formula is C19H22N2O2. The Balaban J connectivity index is 1.86. The molecule has 0 spiro atoms. The maximum atomic E-state index is 10.3. The number of aliphatic hydroxyl groups is 1. The van der Waals surface area contributed by atoms with E-state index in [1.54, 1.807) is 12.1 Å². The summed E-state index contributed by atoms with van der Waals surface area (Å²) < 4.78 is 5.64. The van der Waals surface area contributed by atoms with Gasteiger partial charge in [-0.15, -0.1) is 0 Å². The van der Waals surface area contributed by atoms with Gasteiger partial charge in [0.25, 0.3) is 0 Å². The Morgan fingerprint density at radius 3 is 2.57 bits per heavy atom. The van der Waals surface area contributed by atoms with E-state index in [0.29, 0.717) is 18.7 Å². The minimum Gasteiger partial charge on any atom is -0.491 e. The molecule has 0 bridgehead atoms. The fourth-order valence-electron chi connectivity index (χ4n) is 2.24. The Morgan fingerprint density at radius 2 is 1.91 bits per heavy atom. The Hall–Kier alpha value is -2.35. The highest BCUT2D eigenvalue weighted by Gasteiger charge is 2.09. The molecule has 0 aliphatic carbocycles. The highest BCUT2D eigenvalue weighted by molar-refractivity contribution is 5.32. The van der Waals surface area contributed by atoms with Gasteiger partial charge in [-0.1, -0.05) is 24.3 Å². The van der Waals surface area contributed by atoms with Gasteiger partial charge in [-0.3, -0.25) is 0 Å². The Kier molecular flexibility index (Phi) is 6.16. The van der Waals surface area contributed by atoms with Crippen LogP contribution in [-0.2, 0) is 6.54 Å². The lowest BCUT2D eigenvalue weighted by Gasteiger charge is -2.15. The summed E-state index contributed by atoms with van der Waals surface area (Å²) >= 11 is 0. The topological polar surface area (TPSA) is 65.3 Å². The molecule has 0 aliphatic rings. The zero-order valence-corrected chi connectivity index (χ0v) is 13.5. The quantitative estimate of drug-likeness (QED) is 0.824. The van der Waals surface area contributed by atoms with Crippen molar-refractivity contribution in [1.29, 1.82) is 5.26 Å². The first kappa shape index (κ1) is 17.0. The number of nitrogens with one attached hydrogen (secondary N) is 1. The van der Waals surface area contributed by atoms with Crippen molar-refractivity contribution in [3.63, 3.8) is 0 Å². The third-order valence-electron chi connectivity index (χ3n) is 3.36. The van der Waals surface area contributed by atoms with Gasteiger partial charge in [0.15, 0.2) is 0 Å². The second-order valence-electron chi connectivity index (χ2n) is 5.69. The van der Waals surface area contributed by atoms with Gasteiger partial charge in [-0.25, -0.2) is 0 Å². The maximum absolute atomic E-state index is 10.3. The van der Waals surface area contributed by atoms with Crippen LogP contribution >= 0.6 is 0 Å². The molecule has 2 N–H and O–H groups in total. The van der Waals surface area contributed by atoms with E-state index in [-0.39, 0.29) is 6.10 Å². The normalized spacial score (nSPS) is 12.0. The van der Waals surface area contributed by atoms with Crippen molar-refractivity contribution in [2.24, 2.45) is 0 Å². The summed E-state index contributed by atoms with van der Waals surface area (Å²) in [4.78, 5) is 0. The average molecular weight is 310 g/mol. The lowest BCUT2D eigenvalue weighted by atomic mass is 10.1. The van der Waals surface area contributed by atoms with Gasteiger partial charge < -0.3 is 15.2 Å². The van der Waals surface area contributed by atoms with Gasteiger partial charge in [0.05, 0.1) is 23.8 Å². The van der Waals surface area contributed by atoms with Crippen molar-refractivity contribution in [1.82, 2.24) is 5.32 Å². The summed E-state index contributed by atoms with van der Waals surface area (Å²) in [6.45, 7) is 5.04. The van der Waals surface area contributed by atoms with E-state index >= 15 is 0 Å². The SMILES string of the molecule is CC(C)Oc1cccc(C(O)CNCc2ccc(C#N)cc2)c1. The second-order valence-corrected chi connectivity index (χ2v) is 5.69. The van der Waals surface area contributed by atoms with E-state index in [2.05, 4.69) is 11.4 Å². The van der Waals surface area contributed by atoms with Crippen LogP contribution < -0.4 is 10.1 Å². The molecule has 2 aromatic carbocycles. The van der Waals surface area contributed by atoms with Gasteiger partial charge in [0, 0.05) is 13.1 Å². The molecule has 0 aliphatic heterocycles. The van der Waals surface area contributed by atoms with Crippen LogP contribution in [0, 0.1) is 11.3 Å². The molecule has 4 heteroatoms. The van der Waals surface area contributed by atoms with Crippen LogP contribution in [0.5, 0.6) is 5.75 Å². The first-order chi connectivity index (χ1) is 11.1. The maximum Gasteiger partial charge on any atom is 0.120 e. The third kappa shape index (κ3) is 5.41. The molecule has 1 atom stereocenters. The van der Waals surface area contributed by atoms with Crippen LogP contribution in [0.2, 0.25) is 0 Å². The molecule has 120 valence electrons. The second kappa shape index (κ2) is 8.33. The number of hydrogen-bond donors (Lipinski definition) is 2. The predicted molar refractivity (Wildman–Crippen MR) is 90.0 cm³/mol. The molecule has 23 heavy (non-hydrogen) atoms. The zero-order valence-electron chi connectivity index (χ0n) is 13.5. The van der Waals surface area contributed by atoms with Crippen LogP contribution in [0.3, 0.4) is 0 Å². The summed E-state index contributed by atoms with van der Waals surface area (Å²) in [7, 11) is 0. The molecule has 0 amide bonds. The van der Waals surface area contributed by atoms with Crippen molar-refractivity contribution in [2.45, 2.75) is 32.6 Å². The number of rotatable bonds is 7. The smallest absolute Gasteiger partial charge is 0.120 e. The number of aliphatic hydroxyl groups excluding tert-OH is 1. The lowest BCUT2D eigenvalue weighted by molar-refractivity contribution is 0.173. The molecular weight excluding hydrogens is 288 g/mol. The zero-order chi connectivity index (χ0) is 16.7. The Labute approximate surface area is 137 Å². The van der Waals surface area contributed by atoms with Crippen LogP contribution in [0.25, 0.3) is 0 Å². The minimum absolute atomic E-state index is 0.108. The van der Waals surface area contributed by atoms with Gasteiger partial charge in [0.2, 0.25) is 0 Å². The van der Waals surface area contributed by atoms with E-state index in [0.717, 1.165) is 16.9 Å². The molecule has 0 saturated carbocycles. The molecule has 0 aromatic heterocycles. The molecule has 1 unspecified atom stereocenters. The first-order valence-corrected chi connectivity index (χ1v) is 7.73. The number of ether oxygens (including phenoxy) is 1. The van der Waals surface area contributed by atoms with Crippen molar-refractivity contribution >= 4 is 0 Å². The molecule has 0 heterocycles. The van der Waals surface area contributed by atoms with Gasteiger partial charge in [-0.2, -0.15) is 5.26 Å². The van der Waals surface area contributed by atoms with Crippen molar-refractivity contribution in [3.8, 4) is 11.8 Å². The molecule has 0 radical (unpaired) electrons. The third-order valence-corrected chi connectivity index (χ3v) is 3.36. The summed E-state index contributed by atoms with van der Waals surface area (Å²) in [5, 5.41) is 22.3. The predicted octanol–water partition coefficient (Wildman–Crippen LogP) is 3.17. The summed E-state index contributed by atoms with van der Waals surface area (Å²) in [6, 6.07) is 17.0. The molecule has 0 fully saturated rings. The fourth-order valence-corrected chi connectivity index (χ4v) is 2.24. The van der Waals surface area contributed by atoms with Crippen molar-refractivity contribution in [2.75, 3.05) is 6.54 Å². The monoisotopic (exact) mass is 310 g/mol. The van der Waals surface area contributed by atoms with E-state index in [9.17, 15) is 5.11 Å². The largest absolute Gasteiger partial charge is 0.491 e. The van der Waals surface area contributed by atoms with Crippen LogP contribution in [0.4, 0.5) is 0 Å². The lowest BCUT2D eigenvalue weighted by Crippen LogP contribution is -2.21. The van der Waals surface area contributed by atoms with Crippen molar-refractivity contribution in [3.05, 3.63) is 65.2 Å². The minimum atomic E-state index is -0.593. The number of benzene rings is 2. The van der Waals surface area contributed by atoms with E-state index in [1.807, 2.05) is 50.2 Å². The van der Waals surface area contributed by atoms with Gasteiger partial charge in [0.1, 0.15) is 5.75 Å². The van der Waals surface area contributed by atoms with E-state index in [4.69, 9.17) is 10.00 Å². The van der Waals surface area contributed by atoms with E-state index in [1.165, 1.54) is 0 Å². The fraction of sp³-hybridized carbons (Fsp3) is 0.316. The molecule has 2 rings (SSSR count). The summed E-state index contributed by atoms with van der Waals surface area (Å²) in [5.74, 6) is 0.767. The number of nitriles is 1. The van der Waals surface area contributed by atoms with Crippen molar-refractivity contribution < 1.29 is 9.84 Å².